The maximum absolute atomic E-state index is 10.7. The van der Waals surface area contributed by atoms with Crippen molar-refractivity contribution in [2.75, 3.05) is 20.7 Å². The van der Waals surface area contributed by atoms with E-state index in [9.17, 15) is 5.11 Å². The fourth-order valence-corrected chi connectivity index (χ4v) is 5.41. The van der Waals surface area contributed by atoms with Gasteiger partial charge in [-0.1, -0.05) is 12.1 Å². The number of ether oxygens (including phenoxy) is 2. The van der Waals surface area contributed by atoms with Crippen LogP contribution >= 0.6 is 0 Å². The number of fused-ring (bicyclic) bond motifs is 1. The predicted octanol–water partition coefficient (Wildman–Crippen LogP) is 2.58. The van der Waals surface area contributed by atoms with Gasteiger partial charge < -0.3 is 19.5 Å². The van der Waals surface area contributed by atoms with Crippen molar-refractivity contribution < 1.29 is 14.6 Å². The first-order valence-corrected chi connectivity index (χ1v) is 8.82. The molecule has 4 heteroatoms. The van der Waals surface area contributed by atoms with Gasteiger partial charge in [-0.15, -0.1) is 0 Å². The fraction of sp³-hybridized carbons (Fsp3) is 0.684. The lowest BCUT2D eigenvalue weighted by Gasteiger charge is -2.49. The number of benzene rings is 1. The van der Waals surface area contributed by atoms with Crippen molar-refractivity contribution >= 4 is 0 Å². The molecule has 1 saturated heterocycles. The molecule has 0 radical (unpaired) electrons. The van der Waals surface area contributed by atoms with Crippen LogP contribution < -0.4 is 9.47 Å². The Bertz CT molecular complexity index is 604. The lowest BCUT2D eigenvalue weighted by Crippen LogP contribution is -2.57. The molecule has 5 atom stereocenters. The normalized spacial score (nSPS) is 39.7. The highest BCUT2D eigenvalue weighted by molar-refractivity contribution is 5.55. The summed E-state index contributed by atoms with van der Waals surface area (Å²) in [5.74, 6) is 2.17. The Labute approximate surface area is 138 Å². The molecule has 3 aliphatic rings. The van der Waals surface area contributed by atoms with Crippen molar-refractivity contribution in [2.24, 2.45) is 5.92 Å². The van der Waals surface area contributed by atoms with Crippen molar-refractivity contribution in [3.63, 3.8) is 0 Å². The van der Waals surface area contributed by atoms with Crippen LogP contribution in [0.3, 0.4) is 0 Å². The van der Waals surface area contributed by atoms with Crippen molar-refractivity contribution in [3.8, 4) is 11.5 Å². The van der Waals surface area contributed by atoms with Crippen molar-refractivity contribution in [3.05, 3.63) is 23.8 Å². The lowest BCUT2D eigenvalue weighted by atomic mass is 9.57. The van der Waals surface area contributed by atoms with E-state index in [1.165, 1.54) is 5.56 Å². The van der Waals surface area contributed by atoms with Gasteiger partial charge in [-0.2, -0.15) is 0 Å². The van der Waals surface area contributed by atoms with Crippen molar-refractivity contribution in [1.82, 2.24) is 4.90 Å². The summed E-state index contributed by atoms with van der Waals surface area (Å²) < 4.78 is 11.9. The Morgan fingerprint density at radius 2 is 2.17 bits per heavy atom. The molecule has 4 rings (SSSR count). The van der Waals surface area contributed by atoms with Gasteiger partial charge in [0.1, 0.15) is 6.10 Å². The zero-order chi connectivity index (χ0) is 16.2. The molecule has 126 valence electrons. The quantitative estimate of drug-likeness (QED) is 0.864. The summed E-state index contributed by atoms with van der Waals surface area (Å²) >= 11 is 0. The van der Waals surface area contributed by atoms with Crippen LogP contribution in [0.25, 0.3) is 0 Å². The van der Waals surface area contributed by atoms with Gasteiger partial charge in [0.2, 0.25) is 0 Å². The first-order chi connectivity index (χ1) is 11.1. The molecule has 1 N–H and O–H groups in total. The SMILES string of the molecule is COc1cccc2c1OC1C(O)CCC3C(C)N(C)CCCC231. The predicted molar refractivity (Wildman–Crippen MR) is 89.1 cm³/mol. The third-order valence-electron chi connectivity index (χ3n) is 6.62. The molecule has 1 saturated carbocycles. The van der Waals surface area contributed by atoms with Gasteiger partial charge in [-0.25, -0.2) is 0 Å². The van der Waals surface area contributed by atoms with Gasteiger partial charge >= 0.3 is 0 Å². The van der Waals surface area contributed by atoms with Crippen LogP contribution in [0.4, 0.5) is 0 Å². The number of likely N-dealkylation sites (tertiary alicyclic amines) is 1. The minimum Gasteiger partial charge on any atom is -0.493 e. The van der Waals surface area contributed by atoms with E-state index in [2.05, 4.69) is 31.0 Å². The van der Waals surface area contributed by atoms with Gasteiger partial charge in [0.25, 0.3) is 0 Å². The molecular formula is C19H27NO3. The Hall–Kier alpha value is -1.26. The molecule has 1 spiro atoms. The van der Waals surface area contributed by atoms with Crippen LogP contribution in [0.15, 0.2) is 18.2 Å². The van der Waals surface area contributed by atoms with E-state index in [1.807, 2.05) is 6.07 Å². The maximum Gasteiger partial charge on any atom is 0.165 e. The van der Waals surface area contributed by atoms with E-state index in [0.29, 0.717) is 12.0 Å². The fourth-order valence-electron chi connectivity index (χ4n) is 5.41. The Kier molecular flexibility index (Phi) is 3.58. The zero-order valence-electron chi connectivity index (χ0n) is 14.3. The monoisotopic (exact) mass is 317 g/mol. The summed E-state index contributed by atoms with van der Waals surface area (Å²) in [6.07, 6.45) is 3.57. The van der Waals surface area contributed by atoms with Crippen LogP contribution in [0, 0.1) is 5.92 Å². The zero-order valence-corrected chi connectivity index (χ0v) is 14.3. The topological polar surface area (TPSA) is 41.9 Å². The summed E-state index contributed by atoms with van der Waals surface area (Å²) in [4.78, 5) is 2.48. The summed E-state index contributed by atoms with van der Waals surface area (Å²) in [5.41, 5.74) is 1.18. The number of rotatable bonds is 1. The number of nitrogens with zero attached hydrogens (tertiary/aromatic N) is 1. The number of aliphatic hydroxyl groups is 1. The van der Waals surface area contributed by atoms with Crippen molar-refractivity contribution in [1.29, 1.82) is 0 Å². The van der Waals surface area contributed by atoms with E-state index < -0.39 is 0 Å². The number of para-hydroxylation sites is 1. The minimum atomic E-state index is -0.390. The van der Waals surface area contributed by atoms with Crippen LogP contribution in [0.2, 0.25) is 0 Å². The van der Waals surface area contributed by atoms with Gasteiger partial charge in [-0.05, 0) is 58.2 Å². The standard InChI is InChI=1S/C19H27NO3/c1-12-13-8-9-15(21)18-19(13,10-5-11-20(12)2)14-6-4-7-16(22-3)17(14)23-18/h4,6-7,12-13,15,18,21H,5,8-11H2,1-3H3. The van der Waals surface area contributed by atoms with Crippen LogP contribution in [-0.2, 0) is 5.41 Å². The third kappa shape index (κ3) is 1.97. The van der Waals surface area contributed by atoms with Gasteiger partial charge in [-0.3, -0.25) is 0 Å². The second-order valence-electron chi connectivity index (χ2n) is 7.49. The molecule has 0 aromatic heterocycles. The Morgan fingerprint density at radius 1 is 1.35 bits per heavy atom. The summed E-state index contributed by atoms with van der Waals surface area (Å²) in [7, 11) is 3.92. The summed E-state index contributed by atoms with van der Waals surface area (Å²) in [6, 6.07) is 6.71. The molecule has 1 aromatic carbocycles. The van der Waals surface area contributed by atoms with Crippen LogP contribution in [-0.4, -0.2) is 49.0 Å². The van der Waals surface area contributed by atoms with E-state index in [4.69, 9.17) is 9.47 Å². The average Bonchev–Trinajstić information content (AvgIpc) is 2.84. The molecule has 4 nitrogen and oxygen atoms in total. The van der Waals surface area contributed by atoms with Gasteiger partial charge in [0.15, 0.2) is 11.5 Å². The molecule has 2 heterocycles. The number of hydrogen-bond acceptors (Lipinski definition) is 4. The molecule has 2 aliphatic heterocycles. The van der Waals surface area contributed by atoms with E-state index in [1.54, 1.807) is 7.11 Å². The molecule has 1 aliphatic carbocycles. The Balaban J connectivity index is 1.90. The number of hydrogen-bond donors (Lipinski definition) is 1. The van der Waals surface area contributed by atoms with Gasteiger partial charge in [0.05, 0.1) is 13.2 Å². The molecule has 5 unspecified atom stereocenters. The molecule has 2 fully saturated rings. The highest BCUT2D eigenvalue weighted by Gasteiger charge is 2.60. The largest absolute Gasteiger partial charge is 0.493 e. The smallest absolute Gasteiger partial charge is 0.165 e. The van der Waals surface area contributed by atoms with Crippen LogP contribution in [0.1, 0.15) is 38.2 Å². The van der Waals surface area contributed by atoms with E-state index >= 15 is 0 Å². The first kappa shape index (κ1) is 15.3. The summed E-state index contributed by atoms with van der Waals surface area (Å²) in [5, 5.41) is 10.7. The Morgan fingerprint density at radius 3 is 2.96 bits per heavy atom. The first-order valence-electron chi connectivity index (χ1n) is 8.82. The summed E-state index contributed by atoms with van der Waals surface area (Å²) in [6.45, 7) is 3.45. The molecule has 0 amide bonds. The minimum absolute atomic E-state index is 0.0777. The second-order valence-corrected chi connectivity index (χ2v) is 7.49. The highest BCUT2D eigenvalue weighted by atomic mass is 16.5. The molecule has 0 bridgehead atoms. The average molecular weight is 317 g/mol. The molecule has 23 heavy (non-hydrogen) atoms. The number of aliphatic hydroxyl groups excluding tert-OH is 1. The second kappa shape index (κ2) is 5.38. The molecular weight excluding hydrogens is 290 g/mol. The lowest BCUT2D eigenvalue weighted by molar-refractivity contribution is -0.0637. The van der Waals surface area contributed by atoms with E-state index in [-0.39, 0.29) is 17.6 Å². The highest BCUT2D eigenvalue weighted by Crippen LogP contribution is 2.59. The maximum atomic E-state index is 10.7. The van der Waals surface area contributed by atoms with Crippen LogP contribution in [0.5, 0.6) is 11.5 Å². The van der Waals surface area contributed by atoms with Crippen molar-refractivity contribution in [2.45, 2.75) is 56.3 Å². The third-order valence-corrected chi connectivity index (χ3v) is 6.62. The number of methoxy groups -OCH3 is 1. The van der Waals surface area contributed by atoms with E-state index in [0.717, 1.165) is 43.7 Å². The molecule has 1 aromatic rings. The van der Waals surface area contributed by atoms with Gasteiger partial charge in [0, 0.05) is 17.0 Å².